The number of nitrogens with zero attached hydrogens (tertiary/aromatic N) is 2. The zero-order valence-electron chi connectivity index (χ0n) is 15.4. The van der Waals surface area contributed by atoms with Gasteiger partial charge >= 0.3 is 0 Å². The molecule has 0 unspecified atom stereocenters. The predicted molar refractivity (Wildman–Crippen MR) is 108 cm³/mol. The maximum absolute atomic E-state index is 14.1. The number of hydrogen-bond donors (Lipinski definition) is 2. The number of halogens is 3. The van der Waals surface area contributed by atoms with Crippen LogP contribution in [0.3, 0.4) is 0 Å². The molecule has 0 spiro atoms. The van der Waals surface area contributed by atoms with Crippen molar-refractivity contribution >= 4 is 17.2 Å². The zero-order valence-corrected chi connectivity index (χ0v) is 16.2. The molecule has 4 nitrogen and oxygen atoms in total. The van der Waals surface area contributed by atoms with Gasteiger partial charge in [-0.05, 0) is 35.9 Å². The Labute approximate surface area is 170 Å². The van der Waals surface area contributed by atoms with Crippen molar-refractivity contribution in [2.75, 3.05) is 11.9 Å². The van der Waals surface area contributed by atoms with Gasteiger partial charge in [0.25, 0.3) is 0 Å². The first-order valence-corrected chi connectivity index (χ1v) is 10.1. The van der Waals surface area contributed by atoms with Crippen LogP contribution in [0.25, 0.3) is 11.3 Å². The molecule has 1 aliphatic rings. The lowest BCUT2D eigenvalue weighted by atomic mass is 9.80. The fourth-order valence-corrected chi connectivity index (χ4v) is 4.20. The number of benzene rings is 1. The second-order valence-electron chi connectivity index (χ2n) is 7.01. The Bertz CT molecular complexity index is 1040. The van der Waals surface area contributed by atoms with Crippen LogP contribution in [0.5, 0.6) is 0 Å². The summed E-state index contributed by atoms with van der Waals surface area (Å²) in [6.45, 7) is 0.542. The molecular formula is C21H19F3N4S. The fraction of sp³-hybridized carbons (Fsp3) is 0.238. The van der Waals surface area contributed by atoms with Crippen LogP contribution in [-0.2, 0) is 0 Å². The third kappa shape index (κ3) is 4.33. The molecule has 29 heavy (non-hydrogen) atoms. The first-order valence-electron chi connectivity index (χ1n) is 9.17. The first kappa shape index (κ1) is 19.6. The molecule has 0 radical (unpaired) electrons. The van der Waals surface area contributed by atoms with Crippen LogP contribution in [-0.4, -0.2) is 22.6 Å². The van der Waals surface area contributed by atoms with E-state index in [2.05, 4.69) is 15.3 Å². The highest BCUT2D eigenvalue weighted by Gasteiger charge is 2.27. The Morgan fingerprint density at radius 1 is 1.10 bits per heavy atom. The lowest BCUT2D eigenvalue weighted by molar-refractivity contribution is 0.455. The van der Waals surface area contributed by atoms with Crippen LogP contribution in [0, 0.1) is 17.5 Å². The lowest BCUT2D eigenvalue weighted by Crippen LogP contribution is -2.33. The van der Waals surface area contributed by atoms with Gasteiger partial charge < -0.3 is 11.1 Å². The second kappa shape index (κ2) is 8.34. The monoisotopic (exact) mass is 416 g/mol. The molecule has 0 fully saturated rings. The van der Waals surface area contributed by atoms with Crippen molar-refractivity contribution in [2.45, 2.75) is 24.8 Å². The number of aromatic nitrogens is 2. The number of nitrogens with one attached hydrogen (secondary N) is 1. The van der Waals surface area contributed by atoms with Gasteiger partial charge in [0.05, 0.1) is 5.69 Å². The number of nitrogens with two attached hydrogens (primary N) is 1. The third-order valence-electron chi connectivity index (χ3n) is 5.09. The van der Waals surface area contributed by atoms with Crippen LogP contribution in [0.1, 0.15) is 24.3 Å². The van der Waals surface area contributed by atoms with E-state index in [1.807, 2.05) is 29.0 Å². The maximum Gasteiger partial charge on any atom is 0.161 e. The Morgan fingerprint density at radius 3 is 2.69 bits per heavy atom. The van der Waals surface area contributed by atoms with Crippen LogP contribution in [0.2, 0.25) is 0 Å². The lowest BCUT2D eigenvalue weighted by Gasteiger charge is -2.29. The predicted octanol–water partition coefficient (Wildman–Crippen LogP) is 4.87. The van der Waals surface area contributed by atoms with Crippen molar-refractivity contribution in [1.29, 1.82) is 0 Å². The highest BCUT2D eigenvalue weighted by molar-refractivity contribution is 7.08. The number of thiophene rings is 1. The van der Waals surface area contributed by atoms with Crippen molar-refractivity contribution in [1.82, 2.24) is 9.97 Å². The molecule has 0 aliphatic heterocycles. The summed E-state index contributed by atoms with van der Waals surface area (Å²) in [6, 6.07) is 4.99. The Kier molecular flexibility index (Phi) is 5.64. The standard InChI is InChI=1S/C21H19F3N4S/c22-16-7-18(24)17(23)6-15(16)14-2-1-12(5-19(14)25)9-26-21-8-20(27-11-28-21)13-3-4-29-10-13/h1,3-4,6-8,10-11,14,19H,2,5,9,25H2,(H,26,27,28)/t14-,19+/m1/s1. The SMILES string of the molecule is N[C@H]1CC(CNc2cc(-c3ccsc3)ncn2)=CC[C@@H]1c1cc(F)c(F)cc1F. The number of rotatable bonds is 5. The molecule has 1 aromatic carbocycles. The van der Waals surface area contributed by atoms with Gasteiger partial charge in [-0.2, -0.15) is 11.3 Å². The van der Waals surface area contributed by atoms with E-state index >= 15 is 0 Å². The molecular weight excluding hydrogens is 397 g/mol. The largest absolute Gasteiger partial charge is 0.366 e. The summed E-state index contributed by atoms with van der Waals surface area (Å²) in [6.07, 6.45) is 4.48. The van der Waals surface area contributed by atoms with E-state index in [0.29, 0.717) is 31.3 Å². The van der Waals surface area contributed by atoms with E-state index in [1.165, 1.54) is 6.33 Å². The normalized spacial score (nSPS) is 19.1. The molecule has 2 aromatic heterocycles. The molecule has 8 heteroatoms. The van der Waals surface area contributed by atoms with Gasteiger partial charge in [-0.15, -0.1) is 0 Å². The first-order chi connectivity index (χ1) is 14.0. The Balaban J connectivity index is 1.43. The summed E-state index contributed by atoms with van der Waals surface area (Å²) in [7, 11) is 0. The summed E-state index contributed by atoms with van der Waals surface area (Å²) in [4.78, 5) is 8.52. The van der Waals surface area contributed by atoms with E-state index in [4.69, 9.17) is 5.73 Å². The van der Waals surface area contributed by atoms with Gasteiger partial charge in [0, 0.05) is 41.6 Å². The topological polar surface area (TPSA) is 63.8 Å². The van der Waals surface area contributed by atoms with Crippen molar-refractivity contribution in [2.24, 2.45) is 5.73 Å². The van der Waals surface area contributed by atoms with Crippen molar-refractivity contribution in [3.05, 3.63) is 76.0 Å². The summed E-state index contributed by atoms with van der Waals surface area (Å²) in [5, 5.41) is 7.28. The van der Waals surface area contributed by atoms with E-state index in [9.17, 15) is 13.2 Å². The van der Waals surface area contributed by atoms with Crippen LogP contribution >= 0.6 is 11.3 Å². The van der Waals surface area contributed by atoms with Gasteiger partial charge in [0.1, 0.15) is 18.0 Å². The molecule has 0 bridgehead atoms. The van der Waals surface area contributed by atoms with E-state index in [-0.39, 0.29) is 11.6 Å². The summed E-state index contributed by atoms with van der Waals surface area (Å²) >= 11 is 1.60. The Hall–Kier alpha value is -2.71. The van der Waals surface area contributed by atoms with Gasteiger partial charge in [-0.3, -0.25) is 0 Å². The molecule has 0 saturated heterocycles. The highest BCUT2D eigenvalue weighted by Crippen LogP contribution is 2.34. The molecule has 2 atom stereocenters. The number of anilines is 1. The molecule has 4 rings (SSSR count). The van der Waals surface area contributed by atoms with Crippen LogP contribution in [0.15, 0.2) is 53.0 Å². The molecule has 1 aliphatic carbocycles. The van der Waals surface area contributed by atoms with Gasteiger partial charge in [-0.1, -0.05) is 11.6 Å². The van der Waals surface area contributed by atoms with Gasteiger partial charge in [0.2, 0.25) is 0 Å². The van der Waals surface area contributed by atoms with Crippen molar-refractivity contribution in [3.8, 4) is 11.3 Å². The van der Waals surface area contributed by atoms with E-state index < -0.39 is 23.4 Å². The van der Waals surface area contributed by atoms with Gasteiger partial charge in [-0.25, -0.2) is 23.1 Å². The summed E-state index contributed by atoms with van der Waals surface area (Å²) in [5.41, 5.74) is 9.30. The smallest absolute Gasteiger partial charge is 0.161 e. The maximum atomic E-state index is 14.1. The van der Waals surface area contributed by atoms with Crippen LogP contribution in [0.4, 0.5) is 19.0 Å². The highest BCUT2D eigenvalue weighted by atomic mass is 32.1. The Morgan fingerprint density at radius 2 is 1.93 bits per heavy atom. The zero-order chi connectivity index (χ0) is 20.4. The number of allylic oxidation sites excluding steroid dienone is 1. The summed E-state index contributed by atoms with van der Waals surface area (Å²) in [5.74, 6) is -2.71. The summed E-state index contributed by atoms with van der Waals surface area (Å²) < 4.78 is 40.8. The minimum absolute atomic E-state index is 0.121. The van der Waals surface area contributed by atoms with Crippen molar-refractivity contribution < 1.29 is 13.2 Å². The molecule has 2 heterocycles. The average Bonchev–Trinajstić information content (AvgIpc) is 3.25. The van der Waals surface area contributed by atoms with Crippen LogP contribution < -0.4 is 11.1 Å². The van der Waals surface area contributed by atoms with Crippen molar-refractivity contribution in [3.63, 3.8) is 0 Å². The van der Waals surface area contributed by atoms with E-state index in [1.54, 1.807) is 11.3 Å². The third-order valence-corrected chi connectivity index (χ3v) is 5.78. The second-order valence-corrected chi connectivity index (χ2v) is 7.79. The molecule has 0 saturated carbocycles. The quantitative estimate of drug-likeness (QED) is 0.460. The fourth-order valence-electron chi connectivity index (χ4n) is 3.55. The average molecular weight is 416 g/mol. The molecule has 0 amide bonds. The van der Waals surface area contributed by atoms with E-state index in [0.717, 1.165) is 22.9 Å². The van der Waals surface area contributed by atoms with Gasteiger partial charge in [0.15, 0.2) is 11.6 Å². The molecule has 150 valence electrons. The minimum Gasteiger partial charge on any atom is -0.366 e. The molecule has 3 N–H and O–H groups in total. The molecule has 3 aromatic rings. The minimum atomic E-state index is -1.19. The number of hydrogen-bond acceptors (Lipinski definition) is 5.